The topological polar surface area (TPSA) is 79.6 Å². The third-order valence-electron chi connectivity index (χ3n) is 5.37. The van der Waals surface area contributed by atoms with Crippen molar-refractivity contribution < 1.29 is 14.7 Å². The Balaban J connectivity index is 1.86. The summed E-state index contributed by atoms with van der Waals surface area (Å²) in [6.07, 6.45) is 0. The minimum Gasteiger partial charge on any atom is -0.477 e. The van der Waals surface area contributed by atoms with Gasteiger partial charge in [-0.15, -0.1) is 0 Å². The Bertz CT molecular complexity index is 1280. The molecular formula is C23H18Cl2N2O4. The molecule has 0 spiro atoms. The smallest absolute Gasteiger partial charge is 0.341 e. The fraction of sp³-hybridized carbons (Fsp3) is 0.174. The van der Waals surface area contributed by atoms with Crippen LogP contribution in [0.4, 0.5) is 0 Å². The highest BCUT2D eigenvalue weighted by Gasteiger charge is 2.29. The third kappa shape index (κ3) is 3.73. The first kappa shape index (κ1) is 21.2. The van der Waals surface area contributed by atoms with Gasteiger partial charge in [0, 0.05) is 36.0 Å². The van der Waals surface area contributed by atoms with E-state index in [0.29, 0.717) is 34.9 Å². The molecule has 0 saturated heterocycles. The average molecular weight is 457 g/mol. The maximum atomic E-state index is 12.8. The number of hydrogen-bond donors (Lipinski definition) is 1. The van der Waals surface area contributed by atoms with Crippen LogP contribution >= 0.6 is 23.2 Å². The summed E-state index contributed by atoms with van der Waals surface area (Å²) in [5, 5.41) is 10.3. The number of pyridine rings is 1. The van der Waals surface area contributed by atoms with Gasteiger partial charge in [-0.3, -0.25) is 9.59 Å². The van der Waals surface area contributed by atoms with Crippen LogP contribution in [0.15, 0.2) is 53.3 Å². The Kier molecular flexibility index (Phi) is 5.60. The number of hydrogen-bond acceptors (Lipinski definition) is 3. The maximum Gasteiger partial charge on any atom is 0.341 e. The van der Waals surface area contributed by atoms with Crippen LogP contribution in [0.25, 0.3) is 11.3 Å². The number of aromatic nitrogens is 1. The monoisotopic (exact) mass is 456 g/mol. The molecule has 8 heteroatoms. The highest BCUT2D eigenvalue weighted by atomic mass is 35.5. The predicted molar refractivity (Wildman–Crippen MR) is 119 cm³/mol. The molecular weight excluding hydrogens is 439 g/mol. The molecule has 1 aliphatic heterocycles. The number of aromatic carboxylic acids is 1. The van der Waals surface area contributed by atoms with Crippen molar-refractivity contribution >= 4 is 35.1 Å². The minimum absolute atomic E-state index is 0.121. The van der Waals surface area contributed by atoms with E-state index in [1.807, 2.05) is 25.1 Å². The summed E-state index contributed by atoms with van der Waals surface area (Å²) in [6, 6.07) is 13.4. The normalized spacial score (nSPS) is 12.9. The number of nitrogens with zero attached hydrogens (tertiary/aromatic N) is 2. The zero-order valence-electron chi connectivity index (χ0n) is 16.6. The van der Waals surface area contributed by atoms with Crippen molar-refractivity contribution in [3.63, 3.8) is 0 Å². The lowest BCUT2D eigenvalue weighted by Gasteiger charge is -2.23. The zero-order valence-corrected chi connectivity index (χ0v) is 18.1. The molecule has 1 aromatic heterocycles. The number of rotatable bonds is 5. The van der Waals surface area contributed by atoms with Gasteiger partial charge in [-0.05, 0) is 30.7 Å². The predicted octanol–water partition coefficient (Wildman–Crippen LogP) is 4.70. The number of benzene rings is 2. The Morgan fingerprint density at radius 3 is 2.45 bits per heavy atom. The molecule has 158 valence electrons. The van der Waals surface area contributed by atoms with E-state index in [0.717, 1.165) is 5.56 Å². The van der Waals surface area contributed by atoms with Crippen LogP contribution in [-0.4, -0.2) is 26.5 Å². The van der Waals surface area contributed by atoms with E-state index in [-0.39, 0.29) is 28.7 Å². The molecule has 0 fully saturated rings. The van der Waals surface area contributed by atoms with Crippen LogP contribution in [0.5, 0.6) is 0 Å². The van der Waals surface area contributed by atoms with Crippen molar-refractivity contribution in [3.05, 3.63) is 91.2 Å². The Labute approximate surface area is 188 Å². The molecule has 2 heterocycles. The number of amides is 1. The van der Waals surface area contributed by atoms with E-state index in [2.05, 4.69) is 0 Å². The first-order valence-electron chi connectivity index (χ1n) is 9.64. The summed E-state index contributed by atoms with van der Waals surface area (Å²) in [5.74, 6) is -1.45. The molecule has 6 nitrogen and oxygen atoms in total. The number of carbonyl (C=O) groups excluding carboxylic acids is 1. The van der Waals surface area contributed by atoms with Crippen molar-refractivity contribution in [2.75, 3.05) is 0 Å². The van der Waals surface area contributed by atoms with Crippen LogP contribution in [0, 0.1) is 0 Å². The molecule has 4 rings (SSSR count). The summed E-state index contributed by atoms with van der Waals surface area (Å²) in [4.78, 5) is 39.2. The van der Waals surface area contributed by atoms with Crippen LogP contribution in [0.2, 0.25) is 10.0 Å². The minimum atomic E-state index is -1.33. The SMILES string of the molecule is CCn1c(CN2Cc3ccccc3C2=O)cc(=O)c(C(=O)O)c1-c1ccc(Cl)c(Cl)c1. The van der Waals surface area contributed by atoms with Gasteiger partial charge in [0.05, 0.1) is 22.3 Å². The lowest BCUT2D eigenvalue weighted by Crippen LogP contribution is -2.29. The van der Waals surface area contributed by atoms with Gasteiger partial charge < -0.3 is 14.6 Å². The lowest BCUT2D eigenvalue weighted by molar-refractivity contribution is 0.0693. The highest BCUT2D eigenvalue weighted by molar-refractivity contribution is 6.42. The quantitative estimate of drug-likeness (QED) is 0.603. The average Bonchev–Trinajstić information content (AvgIpc) is 3.05. The molecule has 0 radical (unpaired) electrons. The summed E-state index contributed by atoms with van der Waals surface area (Å²) in [5.41, 5.74) is 1.82. The van der Waals surface area contributed by atoms with Crippen LogP contribution in [-0.2, 0) is 19.6 Å². The van der Waals surface area contributed by atoms with Crippen molar-refractivity contribution in [3.8, 4) is 11.3 Å². The Morgan fingerprint density at radius 2 is 1.81 bits per heavy atom. The second-order valence-electron chi connectivity index (χ2n) is 7.22. The Morgan fingerprint density at radius 1 is 1.06 bits per heavy atom. The second kappa shape index (κ2) is 8.21. The van der Waals surface area contributed by atoms with Gasteiger partial charge >= 0.3 is 5.97 Å². The molecule has 2 aromatic carbocycles. The zero-order chi connectivity index (χ0) is 22.3. The van der Waals surface area contributed by atoms with E-state index in [4.69, 9.17) is 23.2 Å². The molecule has 0 saturated carbocycles. The number of carbonyl (C=O) groups is 2. The fourth-order valence-electron chi connectivity index (χ4n) is 3.98. The van der Waals surface area contributed by atoms with E-state index in [1.54, 1.807) is 27.7 Å². The standard InChI is InChI=1S/C23H18Cl2N2O4/c1-2-27-15(12-26-11-14-5-3-4-6-16(14)22(26)29)10-19(28)20(23(30)31)21(27)13-7-8-17(24)18(25)9-13/h3-10H,2,11-12H2,1H3,(H,30,31). The van der Waals surface area contributed by atoms with Crippen molar-refractivity contribution in [1.29, 1.82) is 0 Å². The molecule has 31 heavy (non-hydrogen) atoms. The second-order valence-corrected chi connectivity index (χ2v) is 8.03. The maximum absolute atomic E-state index is 12.8. The summed E-state index contributed by atoms with van der Waals surface area (Å²) in [6.45, 7) is 2.84. The van der Waals surface area contributed by atoms with Crippen molar-refractivity contribution in [2.45, 2.75) is 26.6 Å². The first-order chi connectivity index (χ1) is 14.8. The summed E-state index contributed by atoms with van der Waals surface area (Å²) >= 11 is 12.2. The summed E-state index contributed by atoms with van der Waals surface area (Å²) in [7, 11) is 0. The van der Waals surface area contributed by atoms with E-state index in [9.17, 15) is 19.5 Å². The van der Waals surface area contributed by atoms with Gasteiger partial charge in [-0.1, -0.05) is 47.5 Å². The van der Waals surface area contributed by atoms with Gasteiger partial charge in [0.2, 0.25) is 0 Å². The molecule has 0 unspecified atom stereocenters. The van der Waals surface area contributed by atoms with Crippen LogP contribution < -0.4 is 5.43 Å². The largest absolute Gasteiger partial charge is 0.477 e. The third-order valence-corrected chi connectivity index (χ3v) is 6.11. The van der Waals surface area contributed by atoms with Crippen LogP contribution in [0.1, 0.15) is 38.9 Å². The first-order valence-corrected chi connectivity index (χ1v) is 10.4. The molecule has 1 aliphatic rings. The molecule has 0 aliphatic carbocycles. The fourth-order valence-corrected chi connectivity index (χ4v) is 4.28. The van der Waals surface area contributed by atoms with Gasteiger partial charge in [0.25, 0.3) is 5.91 Å². The van der Waals surface area contributed by atoms with Gasteiger partial charge in [-0.25, -0.2) is 4.79 Å². The van der Waals surface area contributed by atoms with Crippen molar-refractivity contribution in [2.24, 2.45) is 0 Å². The molecule has 3 aromatic rings. The Hall–Kier alpha value is -3.09. The number of halogens is 2. The van der Waals surface area contributed by atoms with Gasteiger partial charge in [-0.2, -0.15) is 0 Å². The highest BCUT2D eigenvalue weighted by Crippen LogP contribution is 2.31. The lowest BCUT2D eigenvalue weighted by atomic mass is 10.0. The van der Waals surface area contributed by atoms with E-state index >= 15 is 0 Å². The molecule has 0 bridgehead atoms. The van der Waals surface area contributed by atoms with Crippen molar-refractivity contribution in [1.82, 2.24) is 9.47 Å². The number of fused-ring (bicyclic) bond motifs is 1. The van der Waals surface area contributed by atoms with Gasteiger partial charge in [0.15, 0.2) is 5.43 Å². The number of carboxylic acids is 1. The van der Waals surface area contributed by atoms with Crippen LogP contribution in [0.3, 0.4) is 0 Å². The summed E-state index contributed by atoms with van der Waals surface area (Å²) < 4.78 is 1.74. The molecule has 1 N–H and O–H groups in total. The van der Waals surface area contributed by atoms with E-state index in [1.165, 1.54) is 12.1 Å². The molecule has 1 amide bonds. The molecule has 0 atom stereocenters. The number of carboxylic acid groups (broad SMARTS) is 1. The van der Waals surface area contributed by atoms with Gasteiger partial charge in [0.1, 0.15) is 5.56 Å². The van der Waals surface area contributed by atoms with E-state index < -0.39 is 11.4 Å².